The summed E-state index contributed by atoms with van der Waals surface area (Å²) in [5, 5.41) is 0. The average Bonchev–Trinajstić information content (AvgIpc) is 3.15. The molecule has 3 aromatic rings. The van der Waals surface area contributed by atoms with Crippen LogP contribution < -0.4 is 0 Å². The standard InChI is InChI=1S/C20H17NO5/c1-13-16(9-10-17(21-13)14-6-4-3-5-7-14)19(22)25-12-15-8-11-18(26-15)20(23)24-2/h3-11H,12H2,1-2H3. The monoisotopic (exact) mass is 351 g/mol. The molecule has 0 saturated heterocycles. The average molecular weight is 351 g/mol. The van der Waals surface area contributed by atoms with Crippen molar-refractivity contribution >= 4 is 11.9 Å². The molecule has 0 aliphatic rings. The summed E-state index contributed by atoms with van der Waals surface area (Å²) in [5.74, 6) is -0.682. The van der Waals surface area contributed by atoms with Gasteiger partial charge in [-0.3, -0.25) is 4.98 Å². The molecule has 0 bridgehead atoms. The van der Waals surface area contributed by atoms with E-state index in [1.165, 1.54) is 13.2 Å². The number of hydrogen-bond donors (Lipinski definition) is 0. The topological polar surface area (TPSA) is 78.6 Å². The van der Waals surface area contributed by atoms with Crippen LogP contribution in [0.2, 0.25) is 0 Å². The van der Waals surface area contributed by atoms with Crippen molar-refractivity contribution in [3.8, 4) is 11.3 Å². The Hall–Kier alpha value is -3.41. The van der Waals surface area contributed by atoms with Crippen molar-refractivity contribution in [3.63, 3.8) is 0 Å². The highest BCUT2D eigenvalue weighted by atomic mass is 16.5. The lowest BCUT2D eigenvalue weighted by Gasteiger charge is -2.08. The molecule has 26 heavy (non-hydrogen) atoms. The normalized spacial score (nSPS) is 10.4. The van der Waals surface area contributed by atoms with E-state index in [-0.39, 0.29) is 12.4 Å². The lowest BCUT2D eigenvalue weighted by Crippen LogP contribution is -2.08. The third-order valence-corrected chi connectivity index (χ3v) is 3.77. The predicted molar refractivity (Wildman–Crippen MR) is 93.6 cm³/mol. The number of ether oxygens (including phenoxy) is 2. The van der Waals surface area contributed by atoms with Gasteiger partial charge in [-0.2, -0.15) is 0 Å². The van der Waals surface area contributed by atoms with Crippen molar-refractivity contribution in [1.82, 2.24) is 4.98 Å². The fourth-order valence-corrected chi connectivity index (χ4v) is 2.43. The van der Waals surface area contributed by atoms with Gasteiger partial charge in [-0.15, -0.1) is 0 Å². The van der Waals surface area contributed by atoms with Gasteiger partial charge >= 0.3 is 11.9 Å². The number of nitrogens with zero attached hydrogens (tertiary/aromatic N) is 1. The van der Waals surface area contributed by atoms with E-state index in [1.54, 1.807) is 25.1 Å². The van der Waals surface area contributed by atoms with Crippen LogP contribution in [0.4, 0.5) is 0 Å². The molecule has 2 aromatic heterocycles. The first-order valence-corrected chi connectivity index (χ1v) is 7.95. The summed E-state index contributed by atoms with van der Waals surface area (Å²) in [5.41, 5.74) is 2.71. The molecular weight excluding hydrogens is 334 g/mol. The van der Waals surface area contributed by atoms with Gasteiger partial charge in [0.2, 0.25) is 5.76 Å². The van der Waals surface area contributed by atoms with Crippen molar-refractivity contribution < 1.29 is 23.5 Å². The number of hydrogen-bond acceptors (Lipinski definition) is 6. The van der Waals surface area contributed by atoms with E-state index < -0.39 is 11.9 Å². The summed E-state index contributed by atoms with van der Waals surface area (Å²) in [7, 11) is 1.26. The Kier molecular flexibility index (Phi) is 5.12. The third kappa shape index (κ3) is 3.80. The first kappa shape index (κ1) is 17.4. The van der Waals surface area contributed by atoms with Gasteiger partial charge in [0.25, 0.3) is 0 Å². The smallest absolute Gasteiger partial charge is 0.373 e. The molecular formula is C20H17NO5. The second kappa shape index (κ2) is 7.65. The molecule has 132 valence electrons. The van der Waals surface area contributed by atoms with Crippen LogP contribution in [-0.4, -0.2) is 24.0 Å². The molecule has 0 saturated carbocycles. The minimum absolute atomic E-state index is 0.0589. The number of carbonyl (C=O) groups is 2. The molecule has 0 amide bonds. The number of aromatic nitrogens is 1. The van der Waals surface area contributed by atoms with Crippen molar-refractivity contribution in [3.05, 3.63) is 77.4 Å². The van der Waals surface area contributed by atoms with E-state index in [0.29, 0.717) is 17.0 Å². The number of carbonyl (C=O) groups excluding carboxylic acids is 2. The molecule has 0 atom stereocenters. The number of aryl methyl sites for hydroxylation is 1. The van der Waals surface area contributed by atoms with Gasteiger partial charge in [0, 0.05) is 5.56 Å². The molecule has 0 aliphatic carbocycles. The Morgan fingerprint density at radius 3 is 2.46 bits per heavy atom. The van der Waals surface area contributed by atoms with Crippen LogP contribution >= 0.6 is 0 Å². The lowest BCUT2D eigenvalue weighted by molar-refractivity contribution is 0.0437. The van der Waals surface area contributed by atoms with E-state index in [9.17, 15) is 9.59 Å². The molecule has 2 heterocycles. The number of benzene rings is 1. The van der Waals surface area contributed by atoms with E-state index in [0.717, 1.165) is 11.3 Å². The Balaban J connectivity index is 1.68. The van der Waals surface area contributed by atoms with Gasteiger partial charge in [-0.1, -0.05) is 30.3 Å². The number of rotatable bonds is 5. The number of methoxy groups -OCH3 is 1. The van der Waals surface area contributed by atoms with Crippen molar-refractivity contribution in [2.24, 2.45) is 0 Å². The number of esters is 2. The molecule has 0 aliphatic heterocycles. The molecule has 1 aromatic carbocycles. The zero-order chi connectivity index (χ0) is 18.5. The predicted octanol–water partition coefficient (Wildman–Crippen LogP) is 3.79. The van der Waals surface area contributed by atoms with E-state index in [2.05, 4.69) is 9.72 Å². The Bertz CT molecular complexity index is 930. The maximum absolute atomic E-state index is 12.3. The van der Waals surface area contributed by atoms with Gasteiger partial charge < -0.3 is 13.9 Å². The first-order valence-electron chi connectivity index (χ1n) is 7.95. The van der Waals surface area contributed by atoms with Crippen LogP contribution in [0.3, 0.4) is 0 Å². The molecule has 6 heteroatoms. The first-order chi connectivity index (χ1) is 12.6. The SMILES string of the molecule is COC(=O)c1ccc(COC(=O)c2ccc(-c3ccccc3)nc2C)o1. The minimum Gasteiger partial charge on any atom is -0.463 e. The summed E-state index contributed by atoms with van der Waals surface area (Å²) in [6, 6.07) is 16.2. The summed E-state index contributed by atoms with van der Waals surface area (Å²) in [4.78, 5) is 28.1. The van der Waals surface area contributed by atoms with Crippen molar-refractivity contribution in [2.75, 3.05) is 7.11 Å². The summed E-state index contributed by atoms with van der Waals surface area (Å²) >= 11 is 0. The highest BCUT2D eigenvalue weighted by Crippen LogP contribution is 2.19. The van der Waals surface area contributed by atoms with Crippen LogP contribution in [-0.2, 0) is 16.1 Å². The fraction of sp³-hybridized carbons (Fsp3) is 0.150. The maximum Gasteiger partial charge on any atom is 0.373 e. The molecule has 0 spiro atoms. The van der Waals surface area contributed by atoms with E-state index in [1.807, 2.05) is 30.3 Å². The zero-order valence-electron chi connectivity index (χ0n) is 14.4. The Morgan fingerprint density at radius 1 is 1.00 bits per heavy atom. The van der Waals surface area contributed by atoms with E-state index >= 15 is 0 Å². The molecule has 0 unspecified atom stereocenters. The van der Waals surface area contributed by atoms with Crippen molar-refractivity contribution in [2.45, 2.75) is 13.5 Å². The highest BCUT2D eigenvalue weighted by molar-refractivity contribution is 5.91. The molecule has 0 radical (unpaired) electrons. The highest BCUT2D eigenvalue weighted by Gasteiger charge is 2.15. The van der Waals surface area contributed by atoms with Crippen LogP contribution in [0, 0.1) is 6.92 Å². The maximum atomic E-state index is 12.3. The zero-order valence-corrected chi connectivity index (χ0v) is 14.4. The minimum atomic E-state index is -0.584. The van der Waals surface area contributed by atoms with Gasteiger partial charge in [-0.05, 0) is 31.2 Å². The second-order valence-electron chi connectivity index (χ2n) is 5.53. The molecule has 3 rings (SSSR count). The van der Waals surface area contributed by atoms with Crippen molar-refractivity contribution in [1.29, 1.82) is 0 Å². The molecule has 0 N–H and O–H groups in total. The lowest BCUT2D eigenvalue weighted by atomic mass is 10.1. The van der Waals surface area contributed by atoms with Crippen LogP contribution in [0.5, 0.6) is 0 Å². The molecule has 0 fully saturated rings. The Morgan fingerprint density at radius 2 is 1.77 bits per heavy atom. The van der Waals surface area contributed by atoms with Crippen LogP contribution in [0.1, 0.15) is 32.4 Å². The van der Waals surface area contributed by atoms with Gasteiger partial charge in [0.1, 0.15) is 12.4 Å². The van der Waals surface area contributed by atoms with Gasteiger partial charge in [-0.25, -0.2) is 9.59 Å². The summed E-state index contributed by atoms with van der Waals surface area (Å²) in [6.45, 7) is 1.67. The quantitative estimate of drug-likeness (QED) is 0.651. The fourth-order valence-electron chi connectivity index (χ4n) is 2.43. The second-order valence-corrected chi connectivity index (χ2v) is 5.53. The number of furan rings is 1. The van der Waals surface area contributed by atoms with E-state index in [4.69, 9.17) is 9.15 Å². The number of pyridine rings is 1. The van der Waals surface area contributed by atoms with Gasteiger partial charge in [0.05, 0.1) is 24.1 Å². The Labute approximate surface area is 150 Å². The third-order valence-electron chi connectivity index (χ3n) is 3.77. The summed E-state index contributed by atoms with van der Waals surface area (Å²) < 4.78 is 15.1. The van der Waals surface area contributed by atoms with Crippen LogP contribution in [0.25, 0.3) is 11.3 Å². The largest absolute Gasteiger partial charge is 0.463 e. The van der Waals surface area contributed by atoms with Gasteiger partial charge in [0.15, 0.2) is 0 Å². The summed E-state index contributed by atoms with van der Waals surface area (Å²) in [6.07, 6.45) is 0. The molecule has 6 nitrogen and oxygen atoms in total. The van der Waals surface area contributed by atoms with Crippen LogP contribution in [0.15, 0.2) is 59.0 Å².